The van der Waals surface area contributed by atoms with Crippen LogP contribution in [0.4, 0.5) is 0 Å². The van der Waals surface area contributed by atoms with E-state index in [2.05, 4.69) is 6.92 Å². The van der Waals surface area contributed by atoms with Gasteiger partial charge in [0.15, 0.2) is 0 Å². The predicted molar refractivity (Wildman–Crippen MR) is 60.6 cm³/mol. The molecule has 1 N–H and O–H groups in total. The first-order valence-corrected chi connectivity index (χ1v) is 5.98. The van der Waals surface area contributed by atoms with Gasteiger partial charge >= 0.3 is 5.97 Å². The monoisotopic (exact) mass is 216 g/mol. The summed E-state index contributed by atoms with van der Waals surface area (Å²) in [4.78, 5) is 11.5. The Morgan fingerprint density at radius 3 is 2.40 bits per heavy atom. The zero-order valence-corrected chi connectivity index (χ0v) is 10.2. The average molecular weight is 216 g/mol. The quantitative estimate of drug-likeness (QED) is 0.501. The van der Waals surface area contributed by atoms with Crippen LogP contribution in [-0.2, 0) is 9.53 Å². The van der Waals surface area contributed by atoms with Gasteiger partial charge in [0.2, 0.25) is 0 Å². The number of aliphatic hydroxyl groups excluding tert-OH is 1. The molecule has 2 atom stereocenters. The zero-order valence-electron chi connectivity index (χ0n) is 10.2. The van der Waals surface area contributed by atoms with Gasteiger partial charge in [-0.2, -0.15) is 0 Å². The van der Waals surface area contributed by atoms with Gasteiger partial charge in [-0.1, -0.05) is 33.1 Å². The van der Waals surface area contributed by atoms with Crippen LogP contribution in [0.5, 0.6) is 0 Å². The Morgan fingerprint density at radius 1 is 1.27 bits per heavy atom. The number of aliphatic hydroxyl groups is 1. The van der Waals surface area contributed by atoms with Crippen molar-refractivity contribution >= 4 is 5.97 Å². The average Bonchev–Trinajstić information content (AvgIpc) is 2.18. The molecule has 0 aromatic rings. The Bertz CT molecular complexity index is 166. The van der Waals surface area contributed by atoms with Crippen molar-refractivity contribution in [2.24, 2.45) is 5.92 Å². The fourth-order valence-corrected chi connectivity index (χ4v) is 1.51. The smallest absolute Gasteiger partial charge is 0.311 e. The van der Waals surface area contributed by atoms with Crippen LogP contribution in [0.15, 0.2) is 0 Å². The molecule has 0 spiro atoms. The Hall–Kier alpha value is -0.570. The molecular weight excluding hydrogens is 192 g/mol. The van der Waals surface area contributed by atoms with E-state index in [9.17, 15) is 9.90 Å². The number of hydrogen-bond donors (Lipinski definition) is 1. The zero-order chi connectivity index (χ0) is 11.7. The largest absolute Gasteiger partial charge is 0.465 e. The molecule has 0 aromatic heterocycles. The van der Waals surface area contributed by atoms with Crippen LogP contribution in [0.3, 0.4) is 0 Å². The predicted octanol–water partition coefficient (Wildman–Crippen LogP) is 2.52. The van der Waals surface area contributed by atoms with Crippen LogP contribution < -0.4 is 0 Å². The van der Waals surface area contributed by atoms with E-state index in [1.54, 1.807) is 6.92 Å². The maximum Gasteiger partial charge on any atom is 0.311 e. The SMILES string of the molecule is CCCCCCOC(=O)[C@H](CC)[C@H](C)O. The van der Waals surface area contributed by atoms with Gasteiger partial charge in [-0.15, -0.1) is 0 Å². The van der Waals surface area contributed by atoms with Crippen molar-refractivity contribution < 1.29 is 14.6 Å². The third-order valence-corrected chi connectivity index (χ3v) is 2.57. The van der Waals surface area contributed by atoms with E-state index in [0.717, 1.165) is 12.8 Å². The number of carbonyl (C=O) groups is 1. The number of carbonyl (C=O) groups excluding carboxylic acids is 1. The molecule has 15 heavy (non-hydrogen) atoms. The molecule has 0 radical (unpaired) electrons. The van der Waals surface area contributed by atoms with Gasteiger partial charge in [-0.3, -0.25) is 4.79 Å². The molecule has 0 aliphatic rings. The summed E-state index contributed by atoms with van der Waals surface area (Å²) < 4.78 is 5.10. The molecule has 0 rings (SSSR count). The van der Waals surface area contributed by atoms with Crippen molar-refractivity contribution in [3.8, 4) is 0 Å². The number of esters is 1. The Kier molecular flexibility index (Phi) is 8.38. The van der Waals surface area contributed by atoms with Gasteiger partial charge in [-0.05, 0) is 19.8 Å². The summed E-state index contributed by atoms with van der Waals surface area (Å²) in [5.41, 5.74) is 0. The number of unbranched alkanes of at least 4 members (excludes halogenated alkanes) is 3. The van der Waals surface area contributed by atoms with Crippen molar-refractivity contribution in [3.63, 3.8) is 0 Å². The van der Waals surface area contributed by atoms with E-state index in [1.165, 1.54) is 12.8 Å². The van der Waals surface area contributed by atoms with E-state index < -0.39 is 6.10 Å². The number of ether oxygens (including phenoxy) is 1. The van der Waals surface area contributed by atoms with Crippen LogP contribution in [0, 0.1) is 5.92 Å². The number of rotatable bonds is 8. The molecule has 0 amide bonds. The molecule has 0 aliphatic carbocycles. The second kappa shape index (κ2) is 8.72. The van der Waals surface area contributed by atoms with Gasteiger partial charge in [0, 0.05) is 0 Å². The summed E-state index contributed by atoms with van der Waals surface area (Å²) in [6.07, 6.45) is 4.42. The standard InChI is InChI=1S/C12H24O3/c1-4-6-7-8-9-15-12(14)11(5-2)10(3)13/h10-11,13H,4-9H2,1-3H3/t10-,11+/m0/s1. The molecule has 0 fully saturated rings. The third-order valence-electron chi connectivity index (χ3n) is 2.57. The Labute approximate surface area is 92.8 Å². The Morgan fingerprint density at radius 2 is 1.93 bits per heavy atom. The van der Waals surface area contributed by atoms with Crippen molar-refractivity contribution in [3.05, 3.63) is 0 Å². The lowest BCUT2D eigenvalue weighted by Crippen LogP contribution is -2.27. The Balaban J connectivity index is 3.63. The van der Waals surface area contributed by atoms with Crippen LogP contribution in [0.25, 0.3) is 0 Å². The first kappa shape index (κ1) is 14.4. The van der Waals surface area contributed by atoms with Crippen LogP contribution in [-0.4, -0.2) is 23.8 Å². The third kappa shape index (κ3) is 6.50. The number of hydrogen-bond acceptors (Lipinski definition) is 3. The maximum absolute atomic E-state index is 11.5. The van der Waals surface area contributed by atoms with Gasteiger partial charge in [0.05, 0.1) is 18.6 Å². The maximum atomic E-state index is 11.5. The van der Waals surface area contributed by atoms with Crippen molar-refractivity contribution in [1.29, 1.82) is 0 Å². The summed E-state index contributed by atoms with van der Waals surface area (Å²) in [5, 5.41) is 9.32. The van der Waals surface area contributed by atoms with Crippen molar-refractivity contribution in [2.75, 3.05) is 6.61 Å². The van der Waals surface area contributed by atoms with Gasteiger partial charge in [0.25, 0.3) is 0 Å². The van der Waals surface area contributed by atoms with Gasteiger partial charge in [-0.25, -0.2) is 0 Å². The topological polar surface area (TPSA) is 46.5 Å². The highest BCUT2D eigenvalue weighted by molar-refractivity contribution is 5.72. The van der Waals surface area contributed by atoms with E-state index in [4.69, 9.17) is 4.74 Å². The molecule has 3 nitrogen and oxygen atoms in total. The van der Waals surface area contributed by atoms with E-state index in [-0.39, 0.29) is 11.9 Å². The first-order valence-electron chi connectivity index (χ1n) is 5.98. The van der Waals surface area contributed by atoms with Crippen LogP contribution >= 0.6 is 0 Å². The normalized spacial score (nSPS) is 14.7. The minimum Gasteiger partial charge on any atom is -0.465 e. The minimum atomic E-state index is -0.613. The molecule has 0 aromatic carbocycles. The molecule has 0 unspecified atom stereocenters. The lowest BCUT2D eigenvalue weighted by Gasteiger charge is -2.16. The first-order chi connectivity index (χ1) is 7.13. The molecular formula is C12H24O3. The lowest BCUT2D eigenvalue weighted by molar-refractivity contribution is -0.152. The highest BCUT2D eigenvalue weighted by Crippen LogP contribution is 2.11. The fourth-order valence-electron chi connectivity index (χ4n) is 1.51. The molecule has 90 valence electrons. The second-order valence-corrected chi connectivity index (χ2v) is 3.98. The van der Waals surface area contributed by atoms with Crippen molar-refractivity contribution in [2.45, 2.75) is 59.0 Å². The van der Waals surface area contributed by atoms with Gasteiger partial charge < -0.3 is 9.84 Å². The summed E-state index contributed by atoms with van der Waals surface area (Å²) in [5.74, 6) is -0.625. The van der Waals surface area contributed by atoms with E-state index >= 15 is 0 Å². The summed E-state index contributed by atoms with van der Waals surface area (Å²) in [6, 6.07) is 0. The molecule has 3 heteroatoms. The van der Waals surface area contributed by atoms with Crippen molar-refractivity contribution in [1.82, 2.24) is 0 Å². The fraction of sp³-hybridized carbons (Fsp3) is 0.917. The van der Waals surface area contributed by atoms with Crippen LogP contribution in [0.1, 0.15) is 52.9 Å². The molecule has 0 saturated heterocycles. The summed E-state index contributed by atoms with van der Waals surface area (Å²) in [6.45, 7) is 6.15. The summed E-state index contributed by atoms with van der Waals surface area (Å²) in [7, 11) is 0. The highest BCUT2D eigenvalue weighted by atomic mass is 16.5. The van der Waals surface area contributed by atoms with E-state index in [1.807, 2.05) is 6.92 Å². The lowest BCUT2D eigenvalue weighted by atomic mass is 10.0. The minimum absolute atomic E-state index is 0.260. The summed E-state index contributed by atoms with van der Waals surface area (Å²) >= 11 is 0. The molecule has 0 bridgehead atoms. The molecule has 0 heterocycles. The van der Waals surface area contributed by atoms with Gasteiger partial charge in [0.1, 0.15) is 0 Å². The highest BCUT2D eigenvalue weighted by Gasteiger charge is 2.22. The van der Waals surface area contributed by atoms with E-state index in [0.29, 0.717) is 13.0 Å². The molecule has 0 aliphatic heterocycles. The van der Waals surface area contributed by atoms with Crippen LogP contribution in [0.2, 0.25) is 0 Å². The second-order valence-electron chi connectivity index (χ2n) is 3.98. The molecule has 0 saturated carbocycles.